The second kappa shape index (κ2) is 5.12. The first-order valence-corrected chi connectivity index (χ1v) is 5.52. The van der Waals surface area contributed by atoms with E-state index in [0.717, 1.165) is 0 Å². The van der Waals surface area contributed by atoms with Crippen LogP contribution in [0.5, 0.6) is 0 Å². The number of aromatic nitrogens is 2. The van der Waals surface area contributed by atoms with E-state index in [-0.39, 0.29) is 0 Å². The van der Waals surface area contributed by atoms with Crippen molar-refractivity contribution in [3.63, 3.8) is 0 Å². The molecule has 2 aromatic rings. The van der Waals surface area contributed by atoms with Crippen LogP contribution in [0.4, 0.5) is 14.5 Å². The van der Waals surface area contributed by atoms with Crippen molar-refractivity contribution in [3.05, 3.63) is 30.1 Å². The van der Waals surface area contributed by atoms with E-state index in [4.69, 9.17) is 4.52 Å². The van der Waals surface area contributed by atoms with Gasteiger partial charge < -0.3 is 9.84 Å². The highest BCUT2D eigenvalue weighted by Crippen LogP contribution is 2.27. The predicted octanol–water partition coefficient (Wildman–Crippen LogP) is 3.11. The van der Waals surface area contributed by atoms with Gasteiger partial charge in [-0.3, -0.25) is 0 Å². The largest absolute Gasteiger partial charge is 0.376 e. The van der Waals surface area contributed by atoms with Gasteiger partial charge in [0.2, 0.25) is 0 Å². The molecule has 0 saturated carbocycles. The number of benzene rings is 1. The minimum atomic E-state index is -2.44. The molecule has 6 heteroatoms. The number of hydrogen-bond acceptors (Lipinski definition) is 4. The van der Waals surface area contributed by atoms with Crippen LogP contribution in [0, 0.1) is 6.92 Å². The molecule has 1 atom stereocenters. The van der Waals surface area contributed by atoms with E-state index in [1.165, 1.54) is 6.92 Å². The third kappa shape index (κ3) is 2.64. The fourth-order valence-corrected chi connectivity index (χ4v) is 1.51. The van der Waals surface area contributed by atoms with Gasteiger partial charge in [-0.15, -0.1) is 0 Å². The van der Waals surface area contributed by atoms with E-state index < -0.39 is 12.5 Å². The molecule has 0 amide bonds. The Kier molecular flexibility index (Phi) is 3.55. The van der Waals surface area contributed by atoms with Crippen LogP contribution in [0.2, 0.25) is 0 Å². The molecule has 0 fully saturated rings. The quantitative estimate of drug-likeness (QED) is 0.909. The Morgan fingerprint density at radius 3 is 2.61 bits per heavy atom. The van der Waals surface area contributed by atoms with E-state index in [0.29, 0.717) is 23.0 Å². The Morgan fingerprint density at radius 2 is 2.00 bits per heavy atom. The maximum Gasteiger partial charge on any atom is 0.260 e. The summed E-state index contributed by atoms with van der Waals surface area (Å²) in [4.78, 5) is 4.09. The SMILES string of the molecule is Cc1noc(-c2ccccc2NC(C)C(F)F)n1. The number of nitrogens with zero attached hydrogens (tertiary/aromatic N) is 2. The topological polar surface area (TPSA) is 51.0 Å². The third-order valence-corrected chi connectivity index (χ3v) is 2.45. The van der Waals surface area contributed by atoms with Crippen LogP contribution >= 0.6 is 0 Å². The van der Waals surface area contributed by atoms with Crippen LogP contribution in [-0.2, 0) is 0 Å². The summed E-state index contributed by atoms with van der Waals surface area (Å²) in [6.45, 7) is 3.12. The fourth-order valence-electron chi connectivity index (χ4n) is 1.51. The molecular formula is C12H13F2N3O. The van der Waals surface area contributed by atoms with Crippen molar-refractivity contribution in [2.24, 2.45) is 0 Å². The summed E-state index contributed by atoms with van der Waals surface area (Å²) in [6, 6.07) is 6.04. The molecule has 18 heavy (non-hydrogen) atoms. The van der Waals surface area contributed by atoms with E-state index in [1.54, 1.807) is 31.2 Å². The molecule has 4 nitrogen and oxygen atoms in total. The number of aryl methyl sites for hydroxylation is 1. The van der Waals surface area contributed by atoms with Crippen LogP contribution in [0.15, 0.2) is 28.8 Å². The number of hydrogen-bond donors (Lipinski definition) is 1. The summed E-state index contributed by atoms with van der Waals surface area (Å²) in [7, 11) is 0. The lowest BCUT2D eigenvalue weighted by Gasteiger charge is -2.15. The highest BCUT2D eigenvalue weighted by Gasteiger charge is 2.17. The number of halogens is 2. The standard InChI is InChI=1S/C12H13F2N3O/c1-7(11(13)14)15-10-6-4-3-5-9(10)12-16-8(2)17-18-12/h3-7,11,15H,1-2H3. The maximum absolute atomic E-state index is 12.5. The van der Waals surface area contributed by atoms with Gasteiger partial charge in [0.15, 0.2) is 5.82 Å². The van der Waals surface area contributed by atoms with Crippen LogP contribution in [0.1, 0.15) is 12.7 Å². The summed E-state index contributed by atoms with van der Waals surface area (Å²) in [5.41, 5.74) is 1.17. The second-order valence-electron chi connectivity index (χ2n) is 3.96. The Labute approximate surface area is 103 Å². The van der Waals surface area contributed by atoms with Gasteiger partial charge in [-0.05, 0) is 26.0 Å². The number of alkyl halides is 2. The van der Waals surface area contributed by atoms with E-state index in [2.05, 4.69) is 15.5 Å². The van der Waals surface area contributed by atoms with Gasteiger partial charge in [-0.25, -0.2) is 8.78 Å². The molecular weight excluding hydrogens is 240 g/mol. The number of para-hydroxylation sites is 1. The normalized spacial score (nSPS) is 12.7. The summed E-state index contributed by atoms with van der Waals surface area (Å²) in [6.07, 6.45) is -2.44. The molecule has 1 aromatic heterocycles. The van der Waals surface area contributed by atoms with Crippen molar-refractivity contribution in [2.75, 3.05) is 5.32 Å². The number of nitrogens with one attached hydrogen (secondary N) is 1. The van der Waals surface area contributed by atoms with Gasteiger partial charge >= 0.3 is 0 Å². The molecule has 96 valence electrons. The summed E-state index contributed by atoms with van der Waals surface area (Å²) in [5.74, 6) is 0.818. The predicted molar refractivity (Wildman–Crippen MR) is 63.6 cm³/mol. The van der Waals surface area contributed by atoms with Crippen LogP contribution < -0.4 is 5.32 Å². The first-order valence-electron chi connectivity index (χ1n) is 5.52. The zero-order chi connectivity index (χ0) is 13.1. The lowest BCUT2D eigenvalue weighted by molar-refractivity contribution is 0.131. The second-order valence-corrected chi connectivity index (χ2v) is 3.96. The van der Waals surface area contributed by atoms with Crippen molar-refractivity contribution in [1.29, 1.82) is 0 Å². The fraction of sp³-hybridized carbons (Fsp3) is 0.333. The van der Waals surface area contributed by atoms with Crippen LogP contribution in [0.3, 0.4) is 0 Å². The molecule has 0 aliphatic carbocycles. The zero-order valence-electron chi connectivity index (χ0n) is 10.0. The number of rotatable bonds is 4. The molecule has 0 spiro atoms. The van der Waals surface area contributed by atoms with Gasteiger partial charge in [-0.2, -0.15) is 4.98 Å². The highest BCUT2D eigenvalue weighted by molar-refractivity contribution is 5.72. The molecule has 1 aromatic carbocycles. The minimum Gasteiger partial charge on any atom is -0.376 e. The summed E-state index contributed by atoms with van der Waals surface area (Å²) in [5, 5.41) is 6.43. The minimum absolute atomic E-state index is 0.317. The van der Waals surface area contributed by atoms with Gasteiger partial charge in [0, 0.05) is 5.69 Å². The van der Waals surface area contributed by atoms with Crippen molar-refractivity contribution < 1.29 is 13.3 Å². The Balaban J connectivity index is 2.31. The molecule has 1 N–H and O–H groups in total. The Bertz CT molecular complexity index is 528. The average molecular weight is 253 g/mol. The molecule has 1 unspecified atom stereocenters. The van der Waals surface area contributed by atoms with E-state index in [9.17, 15) is 8.78 Å². The monoisotopic (exact) mass is 253 g/mol. The van der Waals surface area contributed by atoms with Crippen molar-refractivity contribution >= 4 is 5.69 Å². The molecule has 0 radical (unpaired) electrons. The lowest BCUT2D eigenvalue weighted by atomic mass is 10.1. The third-order valence-electron chi connectivity index (χ3n) is 2.45. The first kappa shape index (κ1) is 12.5. The van der Waals surface area contributed by atoms with Crippen molar-refractivity contribution in [2.45, 2.75) is 26.3 Å². The zero-order valence-corrected chi connectivity index (χ0v) is 10.0. The average Bonchev–Trinajstić information content (AvgIpc) is 2.76. The van der Waals surface area contributed by atoms with E-state index >= 15 is 0 Å². The Hall–Kier alpha value is -1.98. The smallest absolute Gasteiger partial charge is 0.260 e. The van der Waals surface area contributed by atoms with Crippen molar-refractivity contribution in [3.8, 4) is 11.5 Å². The molecule has 0 aliphatic heterocycles. The molecule has 0 saturated heterocycles. The summed E-state index contributed by atoms with van der Waals surface area (Å²) >= 11 is 0. The maximum atomic E-state index is 12.5. The first-order chi connectivity index (χ1) is 8.58. The van der Waals surface area contributed by atoms with Gasteiger partial charge in [0.05, 0.1) is 11.6 Å². The van der Waals surface area contributed by atoms with Gasteiger partial charge in [-0.1, -0.05) is 17.3 Å². The number of anilines is 1. The lowest BCUT2D eigenvalue weighted by Crippen LogP contribution is -2.24. The molecule has 1 heterocycles. The van der Waals surface area contributed by atoms with Crippen LogP contribution in [-0.4, -0.2) is 22.6 Å². The molecule has 2 rings (SSSR count). The van der Waals surface area contributed by atoms with Crippen molar-refractivity contribution in [1.82, 2.24) is 10.1 Å². The highest BCUT2D eigenvalue weighted by atomic mass is 19.3. The van der Waals surface area contributed by atoms with Gasteiger partial charge in [0.25, 0.3) is 12.3 Å². The molecule has 0 bridgehead atoms. The Morgan fingerprint density at radius 1 is 1.28 bits per heavy atom. The molecule has 0 aliphatic rings. The van der Waals surface area contributed by atoms with Crippen LogP contribution in [0.25, 0.3) is 11.5 Å². The van der Waals surface area contributed by atoms with E-state index in [1.807, 2.05) is 0 Å². The van der Waals surface area contributed by atoms with Gasteiger partial charge in [0.1, 0.15) is 0 Å². The summed E-state index contributed by atoms with van der Waals surface area (Å²) < 4.78 is 30.1.